The maximum absolute atomic E-state index is 11.6. The molecule has 0 saturated heterocycles. The van der Waals surface area contributed by atoms with Gasteiger partial charge >= 0.3 is 5.97 Å². The van der Waals surface area contributed by atoms with Crippen molar-refractivity contribution < 1.29 is 9.90 Å². The zero-order valence-electron chi connectivity index (χ0n) is 12.1. The molecule has 21 heavy (non-hydrogen) atoms. The van der Waals surface area contributed by atoms with Gasteiger partial charge in [-0.3, -0.25) is 0 Å². The first kappa shape index (κ1) is 15.9. The number of hydrogen-bond acceptors (Lipinski definition) is 4. The van der Waals surface area contributed by atoms with Crippen LogP contribution in [0.3, 0.4) is 0 Å². The van der Waals surface area contributed by atoms with Crippen molar-refractivity contribution >= 4 is 34.8 Å². The van der Waals surface area contributed by atoms with Gasteiger partial charge < -0.3 is 10.4 Å². The number of thioether (sulfide) groups is 1. The van der Waals surface area contributed by atoms with Crippen LogP contribution >= 0.6 is 23.1 Å². The van der Waals surface area contributed by atoms with Crippen molar-refractivity contribution in [3.8, 4) is 0 Å². The summed E-state index contributed by atoms with van der Waals surface area (Å²) in [4.78, 5) is 13.7. The summed E-state index contributed by atoms with van der Waals surface area (Å²) < 4.78 is 0. The van der Waals surface area contributed by atoms with Gasteiger partial charge in [0.05, 0.1) is 17.3 Å². The van der Waals surface area contributed by atoms with E-state index in [1.807, 2.05) is 36.6 Å². The van der Waals surface area contributed by atoms with E-state index < -0.39 is 5.97 Å². The van der Waals surface area contributed by atoms with Crippen LogP contribution in [0.15, 0.2) is 40.6 Å². The third-order valence-corrected chi connectivity index (χ3v) is 5.09. The summed E-state index contributed by atoms with van der Waals surface area (Å²) in [7, 11) is 0. The fraction of sp³-hybridized carbons (Fsp3) is 0.312. The lowest BCUT2D eigenvalue weighted by Crippen LogP contribution is -2.12. The predicted molar refractivity (Wildman–Crippen MR) is 90.8 cm³/mol. The Morgan fingerprint density at radius 1 is 1.33 bits per heavy atom. The van der Waals surface area contributed by atoms with E-state index in [9.17, 15) is 9.90 Å². The minimum absolute atomic E-state index is 0.143. The van der Waals surface area contributed by atoms with Gasteiger partial charge in [0.15, 0.2) is 0 Å². The Kier molecular flexibility index (Phi) is 5.70. The molecule has 0 fully saturated rings. The van der Waals surface area contributed by atoms with Crippen molar-refractivity contribution in [1.82, 2.24) is 0 Å². The molecule has 0 bridgehead atoms. The average Bonchev–Trinajstić information content (AvgIpc) is 2.99. The lowest BCUT2D eigenvalue weighted by Gasteiger charge is -2.19. The second kappa shape index (κ2) is 7.52. The molecule has 2 rings (SSSR count). The molecule has 112 valence electrons. The molecule has 2 N–H and O–H groups in total. The molecular weight excluding hydrogens is 302 g/mol. The Labute approximate surface area is 133 Å². The maximum Gasteiger partial charge on any atom is 0.338 e. The summed E-state index contributed by atoms with van der Waals surface area (Å²) in [5, 5.41) is 15.0. The Morgan fingerprint density at radius 2 is 2.14 bits per heavy atom. The van der Waals surface area contributed by atoms with E-state index in [1.54, 1.807) is 23.1 Å². The normalized spacial score (nSPS) is 12.1. The van der Waals surface area contributed by atoms with Crippen LogP contribution in [0.4, 0.5) is 5.69 Å². The molecule has 1 aromatic heterocycles. The third kappa shape index (κ3) is 3.80. The number of hydrogen-bond donors (Lipinski definition) is 2. The van der Waals surface area contributed by atoms with Gasteiger partial charge in [-0.1, -0.05) is 26.0 Å². The zero-order valence-corrected chi connectivity index (χ0v) is 13.8. The first-order chi connectivity index (χ1) is 10.2. The van der Waals surface area contributed by atoms with E-state index in [0.717, 1.165) is 17.1 Å². The van der Waals surface area contributed by atoms with E-state index in [4.69, 9.17) is 0 Å². The van der Waals surface area contributed by atoms with Crippen molar-refractivity contribution in [3.63, 3.8) is 0 Å². The minimum atomic E-state index is -0.880. The van der Waals surface area contributed by atoms with Gasteiger partial charge in [0, 0.05) is 9.77 Å². The summed E-state index contributed by atoms with van der Waals surface area (Å²) in [6.07, 6.45) is 0.907. The van der Waals surface area contributed by atoms with E-state index in [2.05, 4.69) is 18.3 Å². The lowest BCUT2D eigenvalue weighted by atomic mass is 10.1. The highest BCUT2D eigenvalue weighted by Gasteiger charge is 2.18. The number of aromatic carboxylic acids is 1. The predicted octanol–water partition coefficient (Wildman–Crippen LogP) is 5.12. The Morgan fingerprint density at radius 3 is 2.71 bits per heavy atom. The van der Waals surface area contributed by atoms with Crippen LogP contribution in [0.2, 0.25) is 0 Å². The van der Waals surface area contributed by atoms with Crippen molar-refractivity contribution in [1.29, 1.82) is 0 Å². The highest BCUT2D eigenvalue weighted by Crippen LogP contribution is 2.32. The number of nitrogens with one attached hydrogen (secondary N) is 1. The Hall–Kier alpha value is -1.46. The highest BCUT2D eigenvalue weighted by molar-refractivity contribution is 7.99. The van der Waals surface area contributed by atoms with E-state index >= 15 is 0 Å². The van der Waals surface area contributed by atoms with Gasteiger partial charge in [-0.25, -0.2) is 4.79 Å². The van der Waals surface area contributed by atoms with E-state index in [1.165, 1.54) is 4.88 Å². The summed E-state index contributed by atoms with van der Waals surface area (Å²) in [6, 6.07) is 9.87. The molecule has 0 radical (unpaired) electrons. The quantitative estimate of drug-likeness (QED) is 0.695. The molecular formula is C16H19NO2S2. The maximum atomic E-state index is 11.6. The van der Waals surface area contributed by atoms with Crippen LogP contribution in [-0.2, 0) is 0 Å². The minimum Gasteiger partial charge on any atom is -0.478 e. The fourth-order valence-corrected chi connectivity index (χ4v) is 3.89. The Bertz CT molecular complexity index is 596. The van der Waals surface area contributed by atoms with Gasteiger partial charge in [-0.15, -0.1) is 23.1 Å². The number of thiophene rings is 1. The molecule has 0 amide bonds. The number of benzene rings is 1. The molecule has 0 aliphatic heterocycles. The topological polar surface area (TPSA) is 49.3 Å². The molecule has 0 aliphatic rings. The summed E-state index contributed by atoms with van der Waals surface area (Å²) >= 11 is 3.25. The molecule has 3 nitrogen and oxygen atoms in total. The molecule has 1 atom stereocenters. The monoisotopic (exact) mass is 321 g/mol. The summed E-state index contributed by atoms with van der Waals surface area (Å²) in [6.45, 7) is 4.12. The summed E-state index contributed by atoms with van der Waals surface area (Å²) in [5.41, 5.74) is 1.07. The van der Waals surface area contributed by atoms with Crippen LogP contribution in [0.25, 0.3) is 0 Å². The smallest absolute Gasteiger partial charge is 0.338 e. The fourth-order valence-electron chi connectivity index (χ4n) is 2.20. The van der Waals surface area contributed by atoms with Gasteiger partial charge in [-0.2, -0.15) is 0 Å². The molecule has 1 unspecified atom stereocenters. The molecule has 5 heteroatoms. The highest BCUT2D eigenvalue weighted by atomic mass is 32.2. The van der Waals surface area contributed by atoms with Crippen LogP contribution in [0.1, 0.15) is 41.5 Å². The average molecular weight is 321 g/mol. The number of carboxylic acid groups (broad SMARTS) is 1. The van der Waals surface area contributed by atoms with E-state index in [0.29, 0.717) is 11.3 Å². The van der Waals surface area contributed by atoms with Crippen molar-refractivity contribution in [2.75, 3.05) is 11.1 Å². The second-order valence-electron chi connectivity index (χ2n) is 4.54. The standard InChI is InChI=1S/C16H19NO2S2/c1-3-11(13-9-6-10-21-13)17-12-7-5-8-14(20-4-2)15(12)16(18)19/h5-11,17H,3-4H2,1-2H3,(H,18,19). The first-order valence-electron chi connectivity index (χ1n) is 6.96. The molecule has 2 aromatic rings. The van der Waals surface area contributed by atoms with Crippen LogP contribution < -0.4 is 5.32 Å². The van der Waals surface area contributed by atoms with Crippen molar-refractivity contribution in [2.45, 2.75) is 31.2 Å². The third-order valence-electron chi connectivity index (χ3n) is 3.16. The molecule has 1 aromatic carbocycles. The Balaban J connectivity index is 2.34. The largest absolute Gasteiger partial charge is 0.478 e. The first-order valence-corrected chi connectivity index (χ1v) is 8.82. The second-order valence-corrected chi connectivity index (χ2v) is 6.82. The van der Waals surface area contributed by atoms with Gasteiger partial charge in [0.25, 0.3) is 0 Å². The van der Waals surface area contributed by atoms with Gasteiger partial charge in [-0.05, 0) is 35.8 Å². The zero-order chi connectivity index (χ0) is 15.2. The number of carboxylic acids is 1. The number of carbonyl (C=O) groups is 1. The van der Waals surface area contributed by atoms with Gasteiger partial charge in [0.1, 0.15) is 0 Å². The lowest BCUT2D eigenvalue weighted by molar-refractivity contribution is 0.0694. The molecule has 1 heterocycles. The molecule has 0 saturated carbocycles. The van der Waals surface area contributed by atoms with Crippen molar-refractivity contribution in [2.24, 2.45) is 0 Å². The number of rotatable bonds is 7. The number of anilines is 1. The van der Waals surface area contributed by atoms with Gasteiger partial charge in [0.2, 0.25) is 0 Å². The van der Waals surface area contributed by atoms with E-state index in [-0.39, 0.29) is 6.04 Å². The van der Waals surface area contributed by atoms with Crippen LogP contribution in [0.5, 0.6) is 0 Å². The molecule has 0 aliphatic carbocycles. The van der Waals surface area contributed by atoms with Crippen molar-refractivity contribution in [3.05, 3.63) is 46.2 Å². The van der Waals surface area contributed by atoms with Crippen LogP contribution in [0, 0.1) is 0 Å². The van der Waals surface area contributed by atoms with Crippen LogP contribution in [-0.4, -0.2) is 16.8 Å². The summed E-state index contributed by atoms with van der Waals surface area (Å²) in [5.74, 6) is -0.0265. The molecule has 0 spiro atoms. The SMILES string of the molecule is CCSc1cccc(NC(CC)c2cccs2)c1C(=O)O.